The number of aliphatic carboxylic acids is 1. The molecule has 0 spiro atoms. The van der Waals surface area contributed by atoms with E-state index in [1.807, 2.05) is 0 Å². The number of anilines is 3. The molecule has 3 aromatic heterocycles. The molecule has 0 radical (unpaired) electrons. The Labute approximate surface area is 248 Å². The Morgan fingerprint density at radius 2 is 1.72 bits per heavy atom. The van der Waals surface area contributed by atoms with Gasteiger partial charge in [0.2, 0.25) is 5.95 Å². The van der Waals surface area contributed by atoms with Crippen molar-refractivity contribution in [1.29, 1.82) is 0 Å². The van der Waals surface area contributed by atoms with Crippen LogP contribution < -0.4 is 27.4 Å². The monoisotopic (exact) mass is 637 g/mol. The lowest BCUT2D eigenvalue weighted by Gasteiger charge is -2.14. The van der Waals surface area contributed by atoms with Crippen LogP contribution in [0.2, 0.25) is 10.0 Å². The van der Waals surface area contributed by atoms with Crippen LogP contribution in [0.4, 0.5) is 30.6 Å². The molecule has 224 valence electrons. The summed E-state index contributed by atoms with van der Waals surface area (Å²) in [4.78, 5) is 46.2. The Kier molecular flexibility index (Phi) is 9.03. The van der Waals surface area contributed by atoms with Gasteiger partial charge in [-0.3, -0.25) is 14.6 Å². The number of alkyl halides is 3. The number of aromatic nitrogens is 6. The summed E-state index contributed by atoms with van der Waals surface area (Å²) in [6.45, 7) is 0.0450. The molecular formula is C25H18Cl2F3N8O5-. The van der Waals surface area contributed by atoms with E-state index < -0.39 is 17.8 Å². The maximum Gasteiger partial charge on any atom is 0.430 e. The fraction of sp³-hybridized carbons (Fsp3) is 0.120. The molecule has 0 amide bonds. The summed E-state index contributed by atoms with van der Waals surface area (Å²) in [7, 11) is 0. The van der Waals surface area contributed by atoms with E-state index in [2.05, 4.69) is 25.4 Å². The third kappa shape index (κ3) is 6.94. The van der Waals surface area contributed by atoms with Crippen LogP contribution in [0.15, 0.2) is 64.3 Å². The first kappa shape index (κ1) is 31.0. The van der Waals surface area contributed by atoms with E-state index in [4.69, 9.17) is 43.9 Å². The van der Waals surface area contributed by atoms with Crippen molar-refractivity contribution in [3.05, 3.63) is 85.6 Å². The second kappa shape index (κ2) is 12.5. The second-order valence-electron chi connectivity index (χ2n) is 8.49. The van der Waals surface area contributed by atoms with Crippen LogP contribution in [0.5, 0.6) is 0 Å². The van der Waals surface area contributed by atoms with Gasteiger partial charge in [-0.15, -0.1) is 0 Å². The van der Waals surface area contributed by atoms with Crippen molar-refractivity contribution in [2.75, 3.05) is 17.7 Å². The minimum absolute atomic E-state index is 0.0537. The molecule has 0 aliphatic rings. The molecule has 5 N–H and O–H groups in total. The van der Waals surface area contributed by atoms with Crippen molar-refractivity contribution in [3.8, 4) is 16.9 Å². The lowest BCUT2D eigenvalue weighted by Crippen LogP contribution is -2.37. The molecule has 0 fully saturated rings. The number of nitrogens with zero attached hydrogens (tertiary/aromatic N) is 5. The summed E-state index contributed by atoms with van der Waals surface area (Å²) in [5.41, 5.74) is 7.75. The number of nitrogens with one attached hydrogen (secondary N) is 2. The van der Waals surface area contributed by atoms with Crippen LogP contribution in [0.3, 0.4) is 0 Å². The number of nitrogens with two attached hydrogens (primary N) is 1. The third-order valence-electron chi connectivity index (χ3n) is 5.64. The maximum atomic E-state index is 12.8. The van der Waals surface area contributed by atoms with Gasteiger partial charge in [0.05, 0.1) is 40.0 Å². The molecule has 0 aliphatic carbocycles. The summed E-state index contributed by atoms with van der Waals surface area (Å²) in [5, 5.41) is 24.7. The number of aromatic amines is 1. The van der Waals surface area contributed by atoms with Crippen molar-refractivity contribution in [2.24, 2.45) is 0 Å². The first-order chi connectivity index (χ1) is 20.3. The lowest BCUT2D eigenvalue weighted by atomic mass is 10.1. The van der Waals surface area contributed by atoms with Gasteiger partial charge in [0.25, 0.3) is 5.56 Å². The summed E-state index contributed by atoms with van der Waals surface area (Å²) in [6, 6.07) is 13.5. The van der Waals surface area contributed by atoms with Crippen LogP contribution in [0, 0.1) is 0 Å². The average molecular weight is 638 g/mol. The van der Waals surface area contributed by atoms with E-state index in [1.54, 1.807) is 42.5 Å². The molecule has 18 heteroatoms. The molecule has 5 rings (SSSR count). The Morgan fingerprint density at radius 1 is 1.09 bits per heavy atom. The molecule has 3 heterocycles. The summed E-state index contributed by atoms with van der Waals surface area (Å²) < 4.78 is 34.0. The van der Waals surface area contributed by atoms with E-state index >= 15 is 0 Å². The highest BCUT2D eigenvalue weighted by molar-refractivity contribution is 6.37. The van der Waals surface area contributed by atoms with Crippen molar-refractivity contribution >= 4 is 57.7 Å². The number of aliphatic hydroxyl groups is 1. The van der Waals surface area contributed by atoms with E-state index in [1.165, 1.54) is 16.9 Å². The highest BCUT2D eigenvalue weighted by Crippen LogP contribution is 2.30. The molecular weight excluding hydrogens is 620 g/mol. The molecule has 5 aromatic rings. The number of hydrogen-bond acceptors (Lipinski definition) is 10. The van der Waals surface area contributed by atoms with Crippen LogP contribution in [-0.4, -0.2) is 53.2 Å². The number of H-pyrrole nitrogens is 1. The van der Waals surface area contributed by atoms with Crippen molar-refractivity contribution < 1.29 is 28.2 Å². The van der Waals surface area contributed by atoms with Crippen molar-refractivity contribution in [3.63, 3.8) is 0 Å². The third-order valence-corrected chi connectivity index (χ3v) is 6.25. The smallest absolute Gasteiger partial charge is 0.430 e. The van der Waals surface area contributed by atoms with Gasteiger partial charge in [-0.2, -0.15) is 23.1 Å². The van der Waals surface area contributed by atoms with Gasteiger partial charge >= 0.3 is 11.9 Å². The highest BCUT2D eigenvalue weighted by atomic mass is 35.5. The quantitative estimate of drug-likeness (QED) is 0.214. The average Bonchev–Trinajstić information content (AvgIpc) is 3.30. The minimum atomic E-state index is -5.19. The first-order valence-electron chi connectivity index (χ1n) is 11.9. The van der Waals surface area contributed by atoms with E-state index in [9.17, 15) is 22.8 Å². The Morgan fingerprint density at radius 3 is 2.30 bits per heavy atom. The zero-order valence-corrected chi connectivity index (χ0v) is 22.9. The summed E-state index contributed by atoms with van der Waals surface area (Å²) >= 11 is 12.5. The molecule has 0 unspecified atom stereocenters. The predicted molar refractivity (Wildman–Crippen MR) is 149 cm³/mol. The lowest BCUT2D eigenvalue weighted by molar-refractivity contribution is -0.344. The van der Waals surface area contributed by atoms with E-state index in [0.29, 0.717) is 16.8 Å². The van der Waals surface area contributed by atoms with Crippen LogP contribution >= 0.6 is 23.2 Å². The highest BCUT2D eigenvalue weighted by Gasteiger charge is 2.28. The number of aliphatic hydroxyl groups excluding tert-OH is 1. The number of rotatable bonds is 6. The molecule has 2 aromatic carbocycles. The fourth-order valence-electron chi connectivity index (χ4n) is 3.69. The fourth-order valence-corrected chi connectivity index (χ4v) is 4.26. The van der Waals surface area contributed by atoms with Gasteiger partial charge < -0.3 is 26.1 Å². The van der Waals surface area contributed by atoms with Crippen molar-refractivity contribution in [2.45, 2.75) is 12.7 Å². The molecule has 0 saturated heterocycles. The van der Waals surface area contributed by atoms with Gasteiger partial charge in [0.15, 0.2) is 5.65 Å². The van der Waals surface area contributed by atoms with Crippen molar-refractivity contribution in [1.82, 2.24) is 29.3 Å². The largest absolute Gasteiger partial charge is 0.542 e. The van der Waals surface area contributed by atoms with Gasteiger partial charge in [-0.1, -0.05) is 41.4 Å². The second-order valence-corrected chi connectivity index (χ2v) is 9.30. The van der Waals surface area contributed by atoms with E-state index in [0.717, 1.165) is 10.1 Å². The number of halogens is 5. The normalized spacial score (nSPS) is 11.2. The van der Waals surface area contributed by atoms with Gasteiger partial charge in [-0.25, -0.2) is 14.3 Å². The number of fused-ring (bicyclic) bond motifs is 1. The zero-order valence-electron chi connectivity index (χ0n) is 21.4. The summed E-state index contributed by atoms with van der Waals surface area (Å²) in [6.07, 6.45) is -3.74. The topological polar surface area (TPSA) is 197 Å². The van der Waals surface area contributed by atoms with Gasteiger partial charge in [-0.05, 0) is 29.8 Å². The molecule has 13 nitrogen and oxygen atoms in total. The number of carboxylic acids is 1. The Bertz CT molecular complexity index is 1900. The molecule has 43 heavy (non-hydrogen) atoms. The zero-order chi connectivity index (χ0) is 31.5. The van der Waals surface area contributed by atoms with E-state index in [-0.39, 0.29) is 51.9 Å². The van der Waals surface area contributed by atoms with Gasteiger partial charge in [0.1, 0.15) is 11.8 Å². The number of para-hydroxylation sites is 1. The minimum Gasteiger partial charge on any atom is -0.542 e. The molecule has 0 atom stereocenters. The number of hydrogen-bond donors (Lipinski definition) is 4. The molecule has 0 saturated carbocycles. The number of carbonyl (C=O) groups is 1. The number of carbonyl (C=O) groups excluding carboxylic acids is 1. The number of carboxylic acid groups (broad SMARTS) is 1. The Hall–Kier alpha value is -4.93. The van der Waals surface area contributed by atoms with Crippen LogP contribution in [0.1, 0.15) is 0 Å². The SMILES string of the molecule is Nc1c2cnc(Nc3ccc(-c4cc(=O)n(CCO)[nH]4)cc3)nc2nc(=O)n1-c1c(Cl)cccc1Cl.O=C([O-])C(F)(F)F. The van der Waals surface area contributed by atoms with Crippen LogP contribution in [0.25, 0.3) is 28.0 Å². The first-order valence-corrected chi connectivity index (χ1v) is 12.6. The predicted octanol–water partition coefficient (Wildman–Crippen LogP) is 2.26. The Balaban J connectivity index is 0.000000541. The number of benzene rings is 2. The molecule has 0 aliphatic heterocycles. The molecule has 0 bridgehead atoms. The van der Waals surface area contributed by atoms with Gasteiger partial charge in [0, 0.05) is 18.0 Å². The summed E-state index contributed by atoms with van der Waals surface area (Å²) in [5.74, 6) is -2.75. The maximum absolute atomic E-state index is 12.8. The van der Waals surface area contributed by atoms with Crippen LogP contribution in [-0.2, 0) is 11.3 Å². The standard InChI is InChI=1S/C23H18Cl2N8O3.C2HF3O2/c24-15-2-1-3-16(25)19(15)33-20(26)14-11-27-22(29-21(14)30-23(33)36)28-13-6-4-12(5-7-13)17-10-18(35)32(31-17)8-9-34;3-2(4,5)1(6)7/h1-7,10-11,31,34H,8-9,26H2,(H,28,29,30,36);(H,6,7)/p-1. The number of nitrogen functional groups attached to an aromatic ring is 1.